The molecule has 1 atom stereocenters. The Labute approximate surface area is 250 Å². The molecule has 0 unspecified atom stereocenters. The van der Waals surface area contributed by atoms with Crippen LogP contribution in [-0.4, -0.2) is 67.8 Å². The summed E-state index contributed by atoms with van der Waals surface area (Å²) in [6.07, 6.45) is 5.46. The molecule has 4 aromatic rings. The number of aromatic nitrogens is 4. The smallest absolute Gasteiger partial charge is 0.263 e. The highest BCUT2D eigenvalue weighted by Crippen LogP contribution is 2.42. The van der Waals surface area contributed by atoms with E-state index in [1.54, 1.807) is 6.20 Å². The molecule has 222 valence electrons. The number of hydrogen-bond acceptors (Lipinski definition) is 10. The molecule has 0 spiro atoms. The van der Waals surface area contributed by atoms with E-state index in [2.05, 4.69) is 31.0 Å². The highest BCUT2D eigenvalue weighted by molar-refractivity contribution is 5.98. The summed E-state index contributed by atoms with van der Waals surface area (Å²) in [4.78, 5) is 29.4. The van der Waals surface area contributed by atoms with Gasteiger partial charge in [-0.2, -0.15) is 9.97 Å². The van der Waals surface area contributed by atoms with Crippen molar-refractivity contribution in [3.8, 4) is 11.5 Å². The van der Waals surface area contributed by atoms with Crippen molar-refractivity contribution in [1.82, 2.24) is 30.3 Å². The zero-order valence-corrected chi connectivity index (χ0v) is 24.4. The maximum absolute atomic E-state index is 12.6. The SMILES string of the molecule is CC1(C)Cc2cc(Nc3ncc(-c4nc(C56CCN(CC5)CC6)no4)c(N[C@H](CO)c4ccccc4)n3)ccc2C(=O)N1. The van der Waals surface area contributed by atoms with Gasteiger partial charge >= 0.3 is 0 Å². The zero-order valence-electron chi connectivity index (χ0n) is 24.4. The van der Waals surface area contributed by atoms with E-state index in [1.165, 1.54) is 0 Å². The molecule has 4 aliphatic rings. The summed E-state index contributed by atoms with van der Waals surface area (Å²) in [5.41, 5.74) is 3.50. The fourth-order valence-corrected chi connectivity index (χ4v) is 6.57. The summed E-state index contributed by atoms with van der Waals surface area (Å²) >= 11 is 0. The van der Waals surface area contributed by atoms with Crippen LogP contribution in [0, 0.1) is 0 Å². The van der Waals surface area contributed by atoms with Crippen LogP contribution in [0.2, 0.25) is 0 Å². The van der Waals surface area contributed by atoms with Gasteiger partial charge in [0.15, 0.2) is 5.82 Å². The highest BCUT2D eigenvalue weighted by Gasteiger charge is 2.44. The number of carbonyl (C=O) groups excluding carboxylic acids is 1. The van der Waals surface area contributed by atoms with Gasteiger partial charge in [0, 0.05) is 28.4 Å². The van der Waals surface area contributed by atoms with E-state index in [-0.39, 0.29) is 23.5 Å². The Balaban J connectivity index is 1.22. The molecule has 4 N–H and O–H groups in total. The molecule has 2 aromatic heterocycles. The van der Waals surface area contributed by atoms with Crippen LogP contribution in [0.1, 0.15) is 66.5 Å². The van der Waals surface area contributed by atoms with Crippen LogP contribution in [0.3, 0.4) is 0 Å². The molecule has 2 aromatic carbocycles. The van der Waals surface area contributed by atoms with Gasteiger partial charge < -0.3 is 30.5 Å². The van der Waals surface area contributed by atoms with Crippen LogP contribution >= 0.6 is 0 Å². The number of aliphatic hydroxyl groups excluding tert-OH is 1. The lowest BCUT2D eigenvalue weighted by Crippen LogP contribution is -2.51. The second-order valence-corrected chi connectivity index (χ2v) is 12.6. The molecule has 3 saturated heterocycles. The lowest BCUT2D eigenvalue weighted by Gasteiger charge is -2.46. The number of rotatable bonds is 8. The van der Waals surface area contributed by atoms with Gasteiger partial charge in [0.05, 0.1) is 12.6 Å². The molecule has 4 aliphatic heterocycles. The van der Waals surface area contributed by atoms with Gasteiger partial charge in [-0.1, -0.05) is 35.5 Å². The predicted octanol–water partition coefficient (Wildman–Crippen LogP) is 4.22. The van der Waals surface area contributed by atoms with Crippen LogP contribution in [0.4, 0.5) is 17.5 Å². The molecule has 0 aliphatic carbocycles. The van der Waals surface area contributed by atoms with Gasteiger partial charge in [-0.05, 0) is 88.5 Å². The number of aliphatic hydroxyl groups is 1. The van der Waals surface area contributed by atoms with E-state index < -0.39 is 6.04 Å². The Morgan fingerprint density at radius 3 is 2.56 bits per heavy atom. The molecule has 2 bridgehead atoms. The summed E-state index contributed by atoms with van der Waals surface area (Å²) in [6.45, 7) is 7.05. The lowest BCUT2D eigenvalue weighted by atomic mass is 9.71. The first-order valence-corrected chi connectivity index (χ1v) is 14.9. The number of nitrogens with one attached hydrogen (secondary N) is 3. The van der Waals surface area contributed by atoms with Crippen LogP contribution in [0.15, 0.2) is 59.3 Å². The Morgan fingerprint density at radius 1 is 1.05 bits per heavy atom. The van der Waals surface area contributed by atoms with Crippen molar-refractivity contribution >= 4 is 23.4 Å². The third-order valence-electron chi connectivity index (χ3n) is 9.03. The van der Waals surface area contributed by atoms with E-state index in [0.717, 1.165) is 61.5 Å². The van der Waals surface area contributed by atoms with E-state index in [0.29, 0.717) is 35.2 Å². The van der Waals surface area contributed by atoms with E-state index in [1.807, 2.05) is 62.4 Å². The number of anilines is 3. The number of benzene rings is 2. The molecule has 6 heterocycles. The van der Waals surface area contributed by atoms with Crippen molar-refractivity contribution in [2.45, 2.75) is 56.5 Å². The number of nitrogens with zero attached hydrogens (tertiary/aromatic N) is 5. The number of hydrogen-bond donors (Lipinski definition) is 4. The molecular weight excluding hydrogens is 544 g/mol. The van der Waals surface area contributed by atoms with E-state index in [4.69, 9.17) is 14.5 Å². The summed E-state index contributed by atoms with van der Waals surface area (Å²) in [5.74, 6) is 1.84. The topological polar surface area (TPSA) is 141 Å². The fourth-order valence-electron chi connectivity index (χ4n) is 6.57. The van der Waals surface area contributed by atoms with Gasteiger partial charge in [-0.25, -0.2) is 4.98 Å². The molecule has 8 rings (SSSR count). The van der Waals surface area contributed by atoms with Crippen molar-refractivity contribution in [2.75, 3.05) is 36.9 Å². The van der Waals surface area contributed by atoms with Crippen LogP contribution < -0.4 is 16.0 Å². The molecular formula is C32H36N8O3. The largest absolute Gasteiger partial charge is 0.394 e. The Kier molecular flexibility index (Phi) is 6.86. The van der Waals surface area contributed by atoms with Crippen LogP contribution in [0.25, 0.3) is 11.5 Å². The third-order valence-corrected chi connectivity index (χ3v) is 9.03. The summed E-state index contributed by atoms with van der Waals surface area (Å²) < 4.78 is 5.84. The highest BCUT2D eigenvalue weighted by atomic mass is 16.5. The third kappa shape index (κ3) is 5.34. The molecule has 43 heavy (non-hydrogen) atoms. The Bertz CT molecular complexity index is 1630. The second-order valence-electron chi connectivity index (χ2n) is 12.6. The van der Waals surface area contributed by atoms with Crippen LogP contribution in [-0.2, 0) is 11.8 Å². The standard InChI is InChI=1S/C32H36N8O3/c1-31(2)17-21-16-22(8-9-23(21)27(42)38-31)34-30-33-18-24(26(36-30)35-25(19-41)20-6-4-3-5-7-20)28-37-29(39-43-28)32-10-13-40(14-11-32)15-12-32/h3-9,16,18,25,41H,10-15,17,19H2,1-2H3,(H,38,42)(H2,33,34,35,36)/t25-/m1/s1. The van der Waals surface area contributed by atoms with Crippen molar-refractivity contribution < 1.29 is 14.4 Å². The number of amides is 1. The number of piperidine rings is 3. The number of carbonyl (C=O) groups is 1. The molecule has 11 heteroatoms. The Morgan fingerprint density at radius 2 is 1.81 bits per heavy atom. The molecule has 0 saturated carbocycles. The zero-order chi connectivity index (χ0) is 29.6. The van der Waals surface area contributed by atoms with Gasteiger partial charge in [0.25, 0.3) is 11.8 Å². The maximum atomic E-state index is 12.6. The summed E-state index contributed by atoms with van der Waals surface area (Å²) in [5, 5.41) is 24.5. The Hall–Kier alpha value is -4.35. The predicted molar refractivity (Wildman–Crippen MR) is 162 cm³/mol. The summed E-state index contributed by atoms with van der Waals surface area (Å²) in [7, 11) is 0. The van der Waals surface area contributed by atoms with Gasteiger partial charge in [-0.15, -0.1) is 0 Å². The minimum absolute atomic E-state index is 0.0535. The first-order chi connectivity index (χ1) is 20.8. The minimum atomic E-state index is -0.421. The van der Waals surface area contributed by atoms with Crippen molar-refractivity contribution in [3.05, 3.63) is 77.2 Å². The maximum Gasteiger partial charge on any atom is 0.263 e. The quantitative estimate of drug-likeness (QED) is 0.239. The van der Waals surface area contributed by atoms with Crippen molar-refractivity contribution in [3.63, 3.8) is 0 Å². The molecule has 0 radical (unpaired) electrons. The normalized spacial score (nSPS) is 22.9. The van der Waals surface area contributed by atoms with Crippen molar-refractivity contribution in [2.24, 2.45) is 0 Å². The van der Waals surface area contributed by atoms with Gasteiger partial charge in [-0.3, -0.25) is 4.79 Å². The van der Waals surface area contributed by atoms with E-state index in [9.17, 15) is 9.90 Å². The average Bonchev–Trinajstić information content (AvgIpc) is 3.52. The number of fused-ring (bicyclic) bond motifs is 4. The van der Waals surface area contributed by atoms with Gasteiger partial charge in [0.1, 0.15) is 11.4 Å². The average molecular weight is 581 g/mol. The van der Waals surface area contributed by atoms with Crippen LogP contribution in [0.5, 0.6) is 0 Å². The molecule has 1 amide bonds. The first-order valence-electron chi connectivity index (χ1n) is 14.9. The monoisotopic (exact) mass is 580 g/mol. The first kappa shape index (κ1) is 27.5. The lowest BCUT2D eigenvalue weighted by molar-refractivity contribution is 0.0747. The minimum Gasteiger partial charge on any atom is -0.394 e. The molecule has 11 nitrogen and oxygen atoms in total. The van der Waals surface area contributed by atoms with Gasteiger partial charge in [0.2, 0.25) is 5.95 Å². The van der Waals surface area contributed by atoms with E-state index >= 15 is 0 Å². The summed E-state index contributed by atoms with van der Waals surface area (Å²) in [6, 6.07) is 14.9. The second kappa shape index (κ2) is 10.7. The molecule has 3 fully saturated rings. The fraction of sp³-hybridized carbons (Fsp3) is 0.406. The van der Waals surface area contributed by atoms with Crippen molar-refractivity contribution in [1.29, 1.82) is 0 Å².